The lowest BCUT2D eigenvalue weighted by Gasteiger charge is -2.35. The molecular formula is C24H35N3O2S. The number of benzene rings is 1. The van der Waals surface area contributed by atoms with E-state index in [-0.39, 0.29) is 23.3 Å². The molecule has 30 heavy (non-hydrogen) atoms. The van der Waals surface area contributed by atoms with Crippen LogP contribution in [0, 0.1) is 0 Å². The average molecular weight is 430 g/mol. The zero-order valence-electron chi connectivity index (χ0n) is 19.2. The normalized spacial score (nSPS) is 14.8. The van der Waals surface area contributed by atoms with Gasteiger partial charge in [-0.2, -0.15) is 0 Å². The van der Waals surface area contributed by atoms with Crippen molar-refractivity contribution >= 4 is 40.9 Å². The summed E-state index contributed by atoms with van der Waals surface area (Å²) in [5.41, 5.74) is 3.42. The van der Waals surface area contributed by atoms with E-state index >= 15 is 0 Å². The van der Waals surface area contributed by atoms with Gasteiger partial charge in [0.2, 0.25) is 0 Å². The number of nitrogens with zero attached hydrogens (tertiary/aromatic N) is 3. The SMILES string of the molecule is CCCN(CCC)c1ccc(C=C2C(=O)N(CC)C(=S)N(CC)C2=O)c(C(C)C)c1. The molecule has 0 N–H and O–H groups in total. The van der Waals surface area contributed by atoms with Crippen LogP contribution >= 0.6 is 12.2 Å². The van der Waals surface area contributed by atoms with E-state index in [1.165, 1.54) is 15.5 Å². The van der Waals surface area contributed by atoms with E-state index in [1.54, 1.807) is 6.08 Å². The molecule has 0 unspecified atom stereocenters. The molecule has 0 aromatic heterocycles. The molecule has 1 aliphatic rings. The van der Waals surface area contributed by atoms with Gasteiger partial charge in [0, 0.05) is 31.9 Å². The molecule has 0 saturated carbocycles. The molecule has 6 heteroatoms. The minimum Gasteiger partial charge on any atom is -0.372 e. The number of thiocarbonyl (C=S) groups is 1. The first-order valence-corrected chi connectivity index (χ1v) is 11.5. The first-order chi connectivity index (χ1) is 14.3. The lowest BCUT2D eigenvalue weighted by molar-refractivity contribution is -0.133. The van der Waals surface area contributed by atoms with Crippen LogP contribution in [0.4, 0.5) is 5.69 Å². The number of anilines is 1. The third-order valence-electron chi connectivity index (χ3n) is 5.39. The molecular weight excluding hydrogens is 394 g/mol. The van der Waals surface area contributed by atoms with Crippen molar-refractivity contribution in [3.05, 3.63) is 34.9 Å². The third-order valence-corrected chi connectivity index (χ3v) is 5.83. The minimum absolute atomic E-state index is 0.181. The summed E-state index contributed by atoms with van der Waals surface area (Å²) >= 11 is 5.36. The Bertz CT molecular complexity index is 798. The molecule has 0 atom stereocenters. The van der Waals surface area contributed by atoms with Gasteiger partial charge in [0.05, 0.1) is 0 Å². The zero-order chi connectivity index (χ0) is 22.4. The molecule has 1 aromatic rings. The van der Waals surface area contributed by atoms with E-state index in [1.807, 2.05) is 19.9 Å². The molecule has 164 valence electrons. The second-order valence-corrected chi connectivity index (χ2v) is 8.26. The van der Waals surface area contributed by atoms with Crippen LogP contribution in [0.15, 0.2) is 23.8 Å². The van der Waals surface area contributed by atoms with Gasteiger partial charge < -0.3 is 4.90 Å². The van der Waals surface area contributed by atoms with Crippen molar-refractivity contribution in [2.75, 3.05) is 31.1 Å². The first kappa shape index (κ1) is 24.1. The summed E-state index contributed by atoms with van der Waals surface area (Å²) in [7, 11) is 0. The lowest BCUT2D eigenvalue weighted by atomic mass is 9.94. The van der Waals surface area contributed by atoms with Gasteiger partial charge in [0.25, 0.3) is 11.8 Å². The van der Waals surface area contributed by atoms with Crippen LogP contribution in [0.25, 0.3) is 6.08 Å². The van der Waals surface area contributed by atoms with Crippen molar-refractivity contribution in [1.29, 1.82) is 0 Å². The predicted molar refractivity (Wildman–Crippen MR) is 129 cm³/mol. The fraction of sp³-hybridized carbons (Fsp3) is 0.542. The summed E-state index contributed by atoms with van der Waals surface area (Å²) in [4.78, 5) is 31.4. The molecule has 0 bridgehead atoms. The van der Waals surface area contributed by atoms with Gasteiger partial charge >= 0.3 is 0 Å². The number of likely N-dealkylation sites (N-methyl/N-ethyl adjacent to an activating group) is 2. The van der Waals surface area contributed by atoms with Crippen LogP contribution < -0.4 is 4.90 Å². The highest BCUT2D eigenvalue weighted by Crippen LogP contribution is 2.29. The van der Waals surface area contributed by atoms with Gasteiger partial charge in [-0.25, -0.2) is 0 Å². The van der Waals surface area contributed by atoms with E-state index in [0.29, 0.717) is 18.2 Å². The molecule has 5 nitrogen and oxygen atoms in total. The van der Waals surface area contributed by atoms with Gasteiger partial charge in [0.1, 0.15) is 5.57 Å². The Kier molecular flexibility index (Phi) is 8.59. The fourth-order valence-electron chi connectivity index (χ4n) is 3.84. The zero-order valence-corrected chi connectivity index (χ0v) is 20.0. The second kappa shape index (κ2) is 10.7. The predicted octanol–water partition coefficient (Wildman–Crippen LogP) is 4.82. The van der Waals surface area contributed by atoms with Crippen molar-refractivity contribution < 1.29 is 9.59 Å². The van der Waals surface area contributed by atoms with Gasteiger partial charge in [-0.05, 0) is 74.2 Å². The van der Waals surface area contributed by atoms with E-state index in [2.05, 4.69) is 44.7 Å². The molecule has 1 aliphatic heterocycles. The highest BCUT2D eigenvalue weighted by Gasteiger charge is 2.37. The summed E-state index contributed by atoms with van der Waals surface area (Å²) in [6.07, 6.45) is 3.93. The van der Waals surface area contributed by atoms with Crippen molar-refractivity contribution in [3.63, 3.8) is 0 Å². The van der Waals surface area contributed by atoms with Crippen molar-refractivity contribution in [2.24, 2.45) is 0 Å². The van der Waals surface area contributed by atoms with Gasteiger partial charge in [-0.1, -0.05) is 33.8 Å². The number of carbonyl (C=O) groups is 2. The number of amides is 2. The quantitative estimate of drug-likeness (QED) is 0.321. The Morgan fingerprint density at radius 2 is 1.50 bits per heavy atom. The lowest BCUT2D eigenvalue weighted by Crippen LogP contribution is -2.55. The van der Waals surface area contributed by atoms with Crippen molar-refractivity contribution in [1.82, 2.24) is 9.80 Å². The second-order valence-electron chi connectivity index (χ2n) is 7.89. The van der Waals surface area contributed by atoms with Crippen LogP contribution in [-0.2, 0) is 9.59 Å². The maximum Gasteiger partial charge on any atom is 0.265 e. The molecule has 0 aliphatic carbocycles. The first-order valence-electron chi connectivity index (χ1n) is 11.1. The maximum absolute atomic E-state index is 13.0. The van der Waals surface area contributed by atoms with E-state index in [0.717, 1.165) is 37.1 Å². The third kappa shape index (κ3) is 4.91. The van der Waals surface area contributed by atoms with E-state index in [4.69, 9.17) is 12.2 Å². The number of hydrogen-bond donors (Lipinski definition) is 0. The monoisotopic (exact) mass is 429 g/mol. The number of rotatable bonds is 9. The van der Waals surface area contributed by atoms with Crippen LogP contribution in [0.1, 0.15) is 71.4 Å². The summed E-state index contributed by atoms with van der Waals surface area (Å²) in [6, 6.07) is 6.34. The standard InChI is InChI=1S/C24H35N3O2S/c1-7-13-25(14-8-2)19-12-11-18(20(16-19)17(5)6)15-21-22(28)26(9-3)24(30)27(10-4)23(21)29/h11-12,15-17H,7-10,13-14H2,1-6H3. The highest BCUT2D eigenvalue weighted by molar-refractivity contribution is 7.80. The van der Waals surface area contributed by atoms with Crippen LogP contribution in [0.3, 0.4) is 0 Å². The van der Waals surface area contributed by atoms with Gasteiger partial charge in [0.15, 0.2) is 5.11 Å². The fourth-order valence-corrected chi connectivity index (χ4v) is 4.26. The Balaban J connectivity index is 2.54. The smallest absolute Gasteiger partial charge is 0.265 e. The number of carbonyl (C=O) groups excluding carboxylic acids is 2. The summed E-state index contributed by atoms with van der Waals surface area (Å²) in [6.45, 7) is 15.3. The molecule has 1 fully saturated rings. The Labute approximate surface area is 186 Å². The summed E-state index contributed by atoms with van der Waals surface area (Å²) in [5.74, 6) is -0.356. The molecule has 0 radical (unpaired) electrons. The van der Waals surface area contributed by atoms with Crippen LogP contribution in [0.2, 0.25) is 0 Å². The maximum atomic E-state index is 13.0. The van der Waals surface area contributed by atoms with Crippen molar-refractivity contribution in [3.8, 4) is 0 Å². The van der Waals surface area contributed by atoms with E-state index < -0.39 is 0 Å². The summed E-state index contributed by atoms with van der Waals surface area (Å²) in [5, 5.41) is 0.293. The largest absolute Gasteiger partial charge is 0.372 e. The minimum atomic E-state index is -0.311. The molecule has 1 aromatic carbocycles. The average Bonchev–Trinajstić information content (AvgIpc) is 2.71. The molecule has 2 rings (SSSR count). The topological polar surface area (TPSA) is 43.9 Å². The van der Waals surface area contributed by atoms with Gasteiger partial charge in [-0.15, -0.1) is 0 Å². The Morgan fingerprint density at radius 3 is 1.93 bits per heavy atom. The Morgan fingerprint density at radius 1 is 0.967 bits per heavy atom. The van der Waals surface area contributed by atoms with Gasteiger partial charge in [-0.3, -0.25) is 19.4 Å². The number of hydrogen-bond acceptors (Lipinski definition) is 4. The molecule has 1 heterocycles. The molecule has 0 spiro atoms. The van der Waals surface area contributed by atoms with Crippen LogP contribution in [0.5, 0.6) is 0 Å². The summed E-state index contributed by atoms with van der Waals surface area (Å²) < 4.78 is 0. The van der Waals surface area contributed by atoms with Crippen LogP contribution in [-0.4, -0.2) is 52.9 Å². The Hall–Kier alpha value is -2.21. The van der Waals surface area contributed by atoms with E-state index in [9.17, 15) is 9.59 Å². The van der Waals surface area contributed by atoms with Crippen molar-refractivity contribution in [2.45, 2.75) is 60.3 Å². The highest BCUT2D eigenvalue weighted by atomic mass is 32.1. The molecule has 2 amide bonds. The molecule has 1 saturated heterocycles.